The molecule has 0 aliphatic carbocycles. The molecule has 0 bridgehead atoms. The Balaban J connectivity index is 2.72. The molecule has 1 heterocycles. The van der Waals surface area contributed by atoms with Gasteiger partial charge in [0.1, 0.15) is 0 Å². The van der Waals surface area contributed by atoms with Crippen LogP contribution in [0.25, 0.3) is 0 Å². The molecule has 0 amide bonds. The summed E-state index contributed by atoms with van der Waals surface area (Å²) in [5, 5.41) is 3.06. The zero-order valence-electron chi connectivity index (χ0n) is 9.88. The number of hydrogen-bond donors (Lipinski definition) is 2. The number of rotatable bonds is 6. The number of nitrogens with zero attached hydrogens (tertiary/aromatic N) is 1. The number of aromatic nitrogens is 2. The zero-order valence-corrected chi connectivity index (χ0v) is 9.88. The normalized spacial score (nSPS) is 10.6. The molecule has 0 saturated heterocycles. The van der Waals surface area contributed by atoms with Crippen molar-refractivity contribution in [2.24, 2.45) is 0 Å². The molecule has 0 unspecified atom stereocenters. The Bertz CT molecular complexity index is 434. The summed E-state index contributed by atoms with van der Waals surface area (Å²) in [6.45, 7) is 3.50. The molecule has 0 aliphatic heterocycles. The molecule has 0 saturated carbocycles. The minimum atomic E-state index is -0.313. The second kappa shape index (κ2) is 6.27. The number of aromatic amines is 1. The monoisotopic (exact) mass is 225 g/mol. The molecule has 1 aromatic heterocycles. The quantitative estimate of drug-likeness (QED) is 0.675. The molecule has 0 aromatic carbocycles. The van der Waals surface area contributed by atoms with Gasteiger partial charge in [0.15, 0.2) is 0 Å². The number of aryl methyl sites for hydroxylation is 2. The second-order valence-electron chi connectivity index (χ2n) is 3.77. The van der Waals surface area contributed by atoms with Gasteiger partial charge in [-0.25, -0.2) is 4.79 Å². The average molecular weight is 225 g/mol. The maximum Gasteiger partial charge on any atom is 0.328 e. The van der Waals surface area contributed by atoms with Gasteiger partial charge >= 0.3 is 5.69 Å². The fourth-order valence-corrected chi connectivity index (χ4v) is 1.56. The Kier molecular flexibility index (Phi) is 4.98. The summed E-state index contributed by atoms with van der Waals surface area (Å²) in [5.74, 6) is 0. The first-order valence-corrected chi connectivity index (χ1v) is 5.66. The third-order valence-corrected chi connectivity index (χ3v) is 2.54. The van der Waals surface area contributed by atoms with Gasteiger partial charge in [0.25, 0.3) is 5.56 Å². The molecular weight excluding hydrogens is 206 g/mol. The van der Waals surface area contributed by atoms with E-state index in [1.807, 2.05) is 14.0 Å². The van der Waals surface area contributed by atoms with Crippen LogP contribution < -0.4 is 16.6 Å². The molecule has 0 spiro atoms. The highest BCUT2D eigenvalue weighted by molar-refractivity contribution is 5.03. The van der Waals surface area contributed by atoms with Gasteiger partial charge in [0.2, 0.25) is 0 Å². The standard InChI is InChI=1S/C11H19N3O2/c1-3-9-8-14(7-5-4-6-12-2)11(16)13-10(9)15/h8,12H,3-7H2,1-2H3,(H,13,15,16). The zero-order chi connectivity index (χ0) is 12.0. The Morgan fingerprint density at radius 2 is 2.12 bits per heavy atom. The Morgan fingerprint density at radius 1 is 1.38 bits per heavy atom. The first-order valence-electron chi connectivity index (χ1n) is 5.66. The molecule has 1 rings (SSSR count). The Morgan fingerprint density at radius 3 is 2.75 bits per heavy atom. The van der Waals surface area contributed by atoms with Crippen LogP contribution in [0.1, 0.15) is 25.3 Å². The van der Waals surface area contributed by atoms with Gasteiger partial charge in [0, 0.05) is 18.3 Å². The van der Waals surface area contributed by atoms with E-state index in [9.17, 15) is 9.59 Å². The average Bonchev–Trinajstić information content (AvgIpc) is 2.27. The van der Waals surface area contributed by atoms with Gasteiger partial charge in [0.05, 0.1) is 0 Å². The van der Waals surface area contributed by atoms with E-state index in [0.29, 0.717) is 18.5 Å². The lowest BCUT2D eigenvalue weighted by molar-refractivity contribution is 0.564. The minimum Gasteiger partial charge on any atom is -0.320 e. The van der Waals surface area contributed by atoms with Crippen LogP contribution in [0.5, 0.6) is 0 Å². The lowest BCUT2D eigenvalue weighted by Gasteiger charge is -2.06. The lowest BCUT2D eigenvalue weighted by atomic mass is 10.2. The molecule has 5 heteroatoms. The molecule has 5 nitrogen and oxygen atoms in total. The largest absolute Gasteiger partial charge is 0.328 e. The summed E-state index contributed by atoms with van der Waals surface area (Å²) in [6.07, 6.45) is 4.26. The van der Waals surface area contributed by atoms with E-state index in [4.69, 9.17) is 0 Å². The maximum absolute atomic E-state index is 11.5. The highest BCUT2D eigenvalue weighted by atomic mass is 16.2. The molecule has 0 radical (unpaired) electrons. The minimum absolute atomic E-state index is 0.265. The number of H-pyrrole nitrogens is 1. The van der Waals surface area contributed by atoms with Gasteiger partial charge in [-0.1, -0.05) is 6.92 Å². The Hall–Kier alpha value is -1.36. The van der Waals surface area contributed by atoms with Crippen molar-refractivity contribution in [1.82, 2.24) is 14.9 Å². The van der Waals surface area contributed by atoms with Crippen molar-refractivity contribution < 1.29 is 0 Å². The maximum atomic E-state index is 11.5. The second-order valence-corrected chi connectivity index (χ2v) is 3.77. The van der Waals surface area contributed by atoms with E-state index in [1.165, 1.54) is 0 Å². The fraction of sp³-hybridized carbons (Fsp3) is 0.636. The Labute approximate surface area is 94.5 Å². The van der Waals surface area contributed by atoms with Crippen LogP contribution in [0.3, 0.4) is 0 Å². The molecule has 90 valence electrons. The van der Waals surface area contributed by atoms with Crippen LogP contribution in [0.15, 0.2) is 15.8 Å². The predicted molar refractivity (Wildman–Crippen MR) is 63.9 cm³/mol. The lowest BCUT2D eigenvalue weighted by Crippen LogP contribution is -2.31. The van der Waals surface area contributed by atoms with Crippen LogP contribution >= 0.6 is 0 Å². The van der Waals surface area contributed by atoms with Crippen molar-refractivity contribution in [1.29, 1.82) is 0 Å². The van der Waals surface area contributed by atoms with Crippen molar-refractivity contribution >= 4 is 0 Å². The van der Waals surface area contributed by atoms with E-state index >= 15 is 0 Å². The molecule has 16 heavy (non-hydrogen) atoms. The molecule has 0 atom stereocenters. The van der Waals surface area contributed by atoms with Gasteiger partial charge < -0.3 is 9.88 Å². The van der Waals surface area contributed by atoms with E-state index in [2.05, 4.69) is 10.3 Å². The summed E-state index contributed by atoms with van der Waals surface area (Å²) >= 11 is 0. The summed E-state index contributed by atoms with van der Waals surface area (Å²) in [5.41, 5.74) is 0.0823. The SMILES string of the molecule is CCc1cn(CCCCNC)c(=O)[nH]c1=O. The fourth-order valence-electron chi connectivity index (χ4n) is 1.56. The number of nitrogens with one attached hydrogen (secondary N) is 2. The summed E-state index contributed by atoms with van der Waals surface area (Å²) in [6, 6.07) is 0. The van der Waals surface area contributed by atoms with Crippen LogP contribution in [0.4, 0.5) is 0 Å². The third-order valence-electron chi connectivity index (χ3n) is 2.54. The first-order chi connectivity index (χ1) is 7.69. The van der Waals surface area contributed by atoms with Crippen molar-refractivity contribution in [2.45, 2.75) is 32.7 Å². The van der Waals surface area contributed by atoms with Gasteiger partial charge in [-0.15, -0.1) is 0 Å². The van der Waals surface area contributed by atoms with E-state index < -0.39 is 0 Å². The van der Waals surface area contributed by atoms with Gasteiger partial charge in [-0.05, 0) is 32.9 Å². The first kappa shape index (κ1) is 12.7. The van der Waals surface area contributed by atoms with E-state index in [-0.39, 0.29) is 11.2 Å². The van der Waals surface area contributed by atoms with Crippen molar-refractivity contribution in [2.75, 3.05) is 13.6 Å². The predicted octanol–water partition coefficient (Wildman–Crippen LogP) is 0.0986. The van der Waals surface area contributed by atoms with Gasteiger partial charge in [-0.3, -0.25) is 9.78 Å². The van der Waals surface area contributed by atoms with Crippen LogP contribution in [0, 0.1) is 0 Å². The third kappa shape index (κ3) is 3.34. The summed E-state index contributed by atoms with van der Waals surface area (Å²) in [7, 11) is 1.90. The van der Waals surface area contributed by atoms with Gasteiger partial charge in [-0.2, -0.15) is 0 Å². The smallest absolute Gasteiger partial charge is 0.320 e. The molecule has 0 fully saturated rings. The molecule has 0 aliphatic rings. The topological polar surface area (TPSA) is 66.9 Å². The highest BCUT2D eigenvalue weighted by Gasteiger charge is 2.02. The summed E-state index contributed by atoms with van der Waals surface area (Å²) < 4.78 is 1.58. The molecule has 1 aromatic rings. The van der Waals surface area contributed by atoms with Crippen LogP contribution in [-0.2, 0) is 13.0 Å². The molecular formula is C11H19N3O2. The van der Waals surface area contributed by atoms with Crippen molar-refractivity contribution in [3.8, 4) is 0 Å². The highest BCUT2D eigenvalue weighted by Crippen LogP contribution is 1.93. The van der Waals surface area contributed by atoms with Crippen LogP contribution in [-0.4, -0.2) is 23.1 Å². The van der Waals surface area contributed by atoms with E-state index in [0.717, 1.165) is 19.4 Å². The van der Waals surface area contributed by atoms with Crippen molar-refractivity contribution in [3.05, 3.63) is 32.6 Å². The molecule has 2 N–H and O–H groups in total. The summed E-state index contributed by atoms with van der Waals surface area (Å²) in [4.78, 5) is 25.1. The number of hydrogen-bond acceptors (Lipinski definition) is 3. The number of unbranched alkanes of at least 4 members (excludes halogenated alkanes) is 1. The van der Waals surface area contributed by atoms with Crippen molar-refractivity contribution in [3.63, 3.8) is 0 Å². The van der Waals surface area contributed by atoms with Crippen LogP contribution in [0.2, 0.25) is 0 Å². The van der Waals surface area contributed by atoms with E-state index in [1.54, 1.807) is 10.8 Å².